The van der Waals surface area contributed by atoms with Crippen molar-refractivity contribution in [3.05, 3.63) is 24.3 Å². The summed E-state index contributed by atoms with van der Waals surface area (Å²) in [6.45, 7) is 6.96. The van der Waals surface area contributed by atoms with Crippen LogP contribution >= 0.6 is 24.0 Å². The van der Waals surface area contributed by atoms with Gasteiger partial charge in [0.05, 0.1) is 0 Å². The molecule has 2 saturated heterocycles. The molecule has 2 N–H and O–H groups in total. The van der Waals surface area contributed by atoms with Gasteiger partial charge in [-0.25, -0.2) is 4.99 Å². The number of nitrogens with zero attached hydrogens (tertiary/aromatic N) is 5. The second kappa shape index (κ2) is 9.68. The maximum Gasteiger partial charge on any atom is 0.192 e. The van der Waals surface area contributed by atoms with Crippen LogP contribution in [0.4, 0.5) is 0 Å². The van der Waals surface area contributed by atoms with E-state index in [-0.39, 0.29) is 24.0 Å². The summed E-state index contributed by atoms with van der Waals surface area (Å²) in [6, 6.07) is 1.88. The Bertz CT molecular complexity index is 613. The number of hydrogen-bond acceptors (Lipinski definition) is 4. The molecule has 2 unspecified atom stereocenters. The smallest absolute Gasteiger partial charge is 0.192 e. The van der Waals surface area contributed by atoms with E-state index in [4.69, 9.17) is 4.99 Å². The van der Waals surface area contributed by atoms with E-state index >= 15 is 0 Å². The van der Waals surface area contributed by atoms with E-state index in [9.17, 15) is 0 Å². The Morgan fingerprint density at radius 1 is 1.27 bits per heavy atom. The van der Waals surface area contributed by atoms with Crippen LogP contribution in [0.15, 0.2) is 17.6 Å². The molecule has 0 radical (unpaired) electrons. The summed E-state index contributed by atoms with van der Waals surface area (Å²) in [5.41, 5.74) is 0. The van der Waals surface area contributed by atoms with Crippen LogP contribution in [0.5, 0.6) is 0 Å². The van der Waals surface area contributed by atoms with Gasteiger partial charge in [0.25, 0.3) is 0 Å². The molecule has 146 valence electrons. The summed E-state index contributed by atoms with van der Waals surface area (Å²) >= 11 is 0. The molecule has 1 aromatic rings. The highest BCUT2D eigenvalue weighted by Crippen LogP contribution is 2.32. The highest BCUT2D eigenvalue weighted by Gasteiger charge is 2.36. The predicted molar refractivity (Wildman–Crippen MR) is 116 cm³/mol. The molecular formula is C18H32IN7. The van der Waals surface area contributed by atoms with Crippen LogP contribution in [0.1, 0.15) is 43.8 Å². The summed E-state index contributed by atoms with van der Waals surface area (Å²) < 4.78 is 1.98. The zero-order chi connectivity index (χ0) is 17.8. The average molecular weight is 473 g/mol. The lowest BCUT2D eigenvalue weighted by atomic mass is 9.82. The molecule has 0 saturated carbocycles. The van der Waals surface area contributed by atoms with Crippen molar-refractivity contribution in [2.24, 2.45) is 12.0 Å². The Morgan fingerprint density at radius 3 is 2.54 bits per heavy atom. The van der Waals surface area contributed by atoms with Gasteiger partial charge in [0.2, 0.25) is 0 Å². The van der Waals surface area contributed by atoms with E-state index in [0.717, 1.165) is 17.6 Å². The number of fused-ring (bicyclic) bond motifs is 2. The SMILES string of the molecule is C=CCNC(=NCc1nnc(C)n1C)NC1CC2CCCC(C1)N2C.I. The lowest BCUT2D eigenvalue weighted by Crippen LogP contribution is -2.56. The van der Waals surface area contributed by atoms with E-state index in [1.807, 2.05) is 24.6 Å². The normalized spacial score (nSPS) is 26.1. The third-order valence-electron chi connectivity index (χ3n) is 5.66. The first-order valence-corrected chi connectivity index (χ1v) is 9.31. The Hall–Kier alpha value is -1.16. The molecule has 2 aliphatic heterocycles. The number of aromatic nitrogens is 3. The first kappa shape index (κ1) is 21.1. The number of rotatable bonds is 5. The summed E-state index contributed by atoms with van der Waals surface area (Å²) in [4.78, 5) is 7.30. The molecule has 2 fully saturated rings. The van der Waals surface area contributed by atoms with Gasteiger partial charge < -0.3 is 20.1 Å². The topological polar surface area (TPSA) is 70.4 Å². The second-order valence-corrected chi connectivity index (χ2v) is 7.27. The molecule has 2 atom stereocenters. The van der Waals surface area contributed by atoms with E-state index in [1.165, 1.54) is 32.1 Å². The van der Waals surface area contributed by atoms with Gasteiger partial charge in [-0.1, -0.05) is 12.5 Å². The van der Waals surface area contributed by atoms with Gasteiger partial charge >= 0.3 is 0 Å². The largest absolute Gasteiger partial charge is 0.354 e. The fourth-order valence-electron chi connectivity index (χ4n) is 3.99. The molecule has 3 heterocycles. The number of halogens is 1. The van der Waals surface area contributed by atoms with E-state index in [0.29, 0.717) is 31.2 Å². The third kappa shape index (κ3) is 4.97. The molecule has 8 heteroatoms. The monoisotopic (exact) mass is 473 g/mol. The lowest BCUT2D eigenvalue weighted by molar-refractivity contribution is 0.0526. The van der Waals surface area contributed by atoms with Crippen molar-refractivity contribution < 1.29 is 0 Å². The van der Waals surface area contributed by atoms with E-state index in [2.05, 4.69) is 39.4 Å². The fraction of sp³-hybridized carbons (Fsp3) is 0.722. The Kier molecular flexibility index (Phi) is 7.87. The van der Waals surface area contributed by atoms with Crippen molar-refractivity contribution in [2.75, 3.05) is 13.6 Å². The van der Waals surface area contributed by atoms with Crippen LogP contribution in [0.25, 0.3) is 0 Å². The minimum Gasteiger partial charge on any atom is -0.354 e. The van der Waals surface area contributed by atoms with Gasteiger partial charge in [0, 0.05) is 31.7 Å². The average Bonchev–Trinajstić information content (AvgIpc) is 2.90. The number of nitrogens with one attached hydrogen (secondary N) is 2. The van der Waals surface area contributed by atoms with Crippen LogP contribution in [-0.4, -0.2) is 57.3 Å². The van der Waals surface area contributed by atoms with Crippen molar-refractivity contribution in [3.8, 4) is 0 Å². The van der Waals surface area contributed by atoms with Crippen LogP contribution in [0.3, 0.4) is 0 Å². The van der Waals surface area contributed by atoms with Crippen LogP contribution in [0.2, 0.25) is 0 Å². The second-order valence-electron chi connectivity index (χ2n) is 7.27. The molecule has 0 amide bonds. The number of piperidine rings is 2. The van der Waals surface area contributed by atoms with Gasteiger partial charge in [-0.2, -0.15) is 0 Å². The van der Waals surface area contributed by atoms with Gasteiger partial charge in [-0.05, 0) is 39.7 Å². The highest BCUT2D eigenvalue weighted by molar-refractivity contribution is 14.0. The number of hydrogen-bond donors (Lipinski definition) is 2. The standard InChI is InChI=1S/C18H31N7.HI/c1-5-9-19-18(20-12-17-23-22-13(2)24(17)3)21-14-10-15-7-6-8-16(11-14)25(15)4;/h5,14-16H,1,6-12H2,2-4H3,(H2,19,20,21);1H. The number of aliphatic imine (C=N–C) groups is 1. The molecule has 0 spiro atoms. The molecule has 0 aromatic carbocycles. The minimum atomic E-state index is 0. The van der Waals surface area contributed by atoms with E-state index in [1.54, 1.807) is 0 Å². The van der Waals surface area contributed by atoms with Gasteiger partial charge in [0.15, 0.2) is 11.8 Å². The number of aryl methyl sites for hydroxylation is 1. The minimum absolute atomic E-state index is 0. The lowest BCUT2D eigenvalue weighted by Gasteiger charge is -2.47. The molecule has 7 nitrogen and oxygen atoms in total. The fourth-order valence-corrected chi connectivity index (χ4v) is 3.99. The maximum absolute atomic E-state index is 4.72. The summed E-state index contributed by atoms with van der Waals surface area (Å²) in [6.07, 6.45) is 8.22. The van der Waals surface area contributed by atoms with Crippen molar-refractivity contribution in [3.63, 3.8) is 0 Å². The Balaban J connectivity index is 0.00000243. The molecule has 0 aliphatic carbocycles. The van der Waals surface area contributed by atoms with Gasteiger partial charge in [0.1, 0.15) is 12.4 Å². The van der Waals surface area contributed by atoms with Gasteiger partial charge in [-0.3, -0.25) is 0 Å². The van der Waals surface area contributed by atoms with Crippen molar-refractivity contribution in [1.29, 1.82) is 0 Å². The number of guanidine groups is 1. The van der Waals surface area contributed by atoms with Crippen molar-refractivity contribution >= 4 is 29.9 Å². The third-order valence-corrected chi connectivity index (χ3v) is 5.66. The molecule has 1 aromatic heterocycles. The molecular weight excluding hydrogens is 441 g/mol. The maximum atomic E-state index is 4.72. The summed E-state index contributed by atoms with van der Waals surface area (Å²) in [7, 11) is 4.26. The zero-order valence-electron chi connectivity index (χ0n) is 16.1. The Labute approximate surface area is 173 Å². The summed E-state index contributed by atoms with van der Waals surface area (Å²) in [5, 5.41) is 15.3. The Morgan fingerprint density at radius 2 is 1.96 bits per heavy atom. The molecule has 3 rings (SSSR count). The molecule has 2 aliphatic rings. The van der Waals surface area contributed by atoms with Crippen LogP contribution in [0, 0.1) is 6.92 Å². The predicted octanol–water partition coefficient (Wildman–Crippen LogP) is 1.98. The zero-order valence-corrected chi connectivity index (χ0v) is 18.4. The first-order chi connectivity index (χ1) is 12.1. The molecule has 2 bridgehead atoms. The van der Waals surface area contributed by atoms with Gasteiger partial charge in [-0.15, -0.1) is 40.8 Å². The highest BCUT2D eigenvalue weighted by atomic mass is 127. The van der Waals surface area contributed by atoms with Crippen LogP contribution < -0.4 is 10.6 Å². The molecule has 26 heavy (non-hydrogen) atoms. The van der Waals surface area contributed by atoms with Crippen LogP contribution in [-0.2, 0) is 13.6 Å². The van der Waals surface area contributed by atoms with Crippen molar-refractivity contribution in [1.82, 2.24) is 30.3 Å². The van der Waals surface area contributed by atoms with E-state index < -0.39 is 0 Å². The van der Waals surface area contributed by atoms with Crippen molar-refractivity contribution in [2.45, 2.75) is 63.7 Å². The quantitative estimate of drug-likeness (QED) is 0.296. The first-order valence-electron chi connectivity index (χ1n) is 9.31. The summed E-state index contributed by atoms with van der Waals surface area (Å²) in [5.74, 6) is 2.62.